The average Bonchev–Trinajstić information content (AvgIpc) is 3.20. The summed E-state index contributed by atoms with van der Waals surface area (Å²) < 4.78 is 12.8. The number of amides is 1. The summed E-state index contributed by atoms with van der Waals surface area (Å²) >= 11 is 0. The third-order valence-corrected chi connectivity index (χ3v) is 5.64. The van der Waals surface area contributed by atoms with Gasteiger partial charge in [-0.05, 0) is 35.4 Å². The number of benzene rings is 3. The zero-order chi connectivity index (χ0) is 22.1. The second-order valence-corrected chi connectivity index (χ2v) is 7.57. The van der Waals surface area contributed by atoms with E-state index in [1.165, 1.54) is 0 Å². The van der Waals surface area contributed by atoms with E-state index < -0.39 is 23.8 Å². The first-order chi connectivity index (χ1) is 15.7. The van der Waals surface area contributed by atoms with Crippen LogP contribution in [0, 0.1) is 5.92 Å². The van der Waals surface area contributed by atoms with Crippen LogP contribution in [0.1, 0.15) is 17.2 Å². The van der Waals surface area contributed by atoms with Gasteiger partial charge in [0.1, 0.15) is 12.4 Å². The summed E-state index contributed by atoms with van der Waals surface area (Å²) in [6.07, 6.45) is 0. The number of carbonyl (C=O) groups excluding carboxylic acids is 2. The lowest BCUT2D eigenvalue weighted by molar-refractivity contribution is -0.154. The van der Waals surface area contributed by atoms with Crippen LogP contribution in [-0.4, -0.2) is 28.5 Å². The van der Waals surface area contributed by atoms with Crippen molar-refractivity contribution in [1.29, 1.82) is 0 Å². The van der Waals surface area contributed by atoms with E-state index in [4.69, 9.17) is 9.47 Å². The smallest absolute Gasteiger partial charge is 0.321 e. The summed E-state index contributed by atoms with van der Waals surface area (Å²) in [5, 5.41) is 2.79. The number of imidazole rings is 1. The van der Waals surface area contributed by atoms with E-state index in [9.17, 15) is 9.59 Å². The summed E-state index contributed by atoms with van der Waals surface area (Å²) in [7, 11) is 1.59. The van der Waals surface area contributed by atoms with E-state index in [2.05, 4.69) is 10.3 Å². The van der Waals surface area contributed by atoms with Gasteiger partial charge in [0, 0.05) is 0 Å². The Labute approximate surface area is 184 Å². The maximum Gasteiger partial charge on any atom is 0.321 e. The standard InChI is InChI=1S/C25H21N3O4/c1-31-18-13-11-17(12-14-18)22-21(24(30)32-15-16-7-3-2-4-8-16)23(29)27-25-26-19-9-5-6-10-20(19)28(22)25/h2-14,21-22H,15H2,1H3,(H,26,27,29)/t21-,22-/m1/s1. The minimum absolute atomic E-state index is 0.0936. The summed E-state index contributed by atoms with van der Waals surface area (Å²) in [6.45, 7) is 0.0936. The summed E-state index contributed by atoms with van der Waals surface area (Å²) in [5.74, 6) is -1.00. The minimum atomic E-state index is -1.07. The molecule has 0 aliphatic carbocycles. The highest BCUT2D eigenvalue weighted by Crippen LogP contribution is 2.39. The van der Waals surface area contributed by atoms with E-state index in [0.717, 1.165) is 22.2 Å². The lowest BCUT2D eigenvalue weighted by atomic mass is 9.90. The number of rotatable bonds is 5. The van der Waals surface area contributed by atoms with Gasteiger partial charge in [-0.25, -0.2) is 4.98 Å². The van der Waals surface area contributed by atoms with Crippen molar-refractivity contribution in [3.8, 4) is 5.75 Å². The first-order valence-electron chi connectivity index (χ1n) is 10.3. The number of anilines is 1. The van der Waals surface area contributed by atoms with Crippen molar-refractivity contribution in [1.82, 2.24) is 9.55 Å². The number of nitrogens with one attached hydrogen (secondary N) is 1. The van der Waals surface area contributed by atoms with Crippen molar-refractivity contribution in [3.63, 3.8) is 0 Å². The Balaban J connectivity index is 1.57. The average molecular weight is 427 g/mol. The molecule has 5 rings (SSSR count). The molecule has 7 heteroatoms. The fraction of sp³-hybridized carbons (Fsp3) is 0.160. The van der Waals surface area contributed by atoms with Gasteiger partial charge in [-0.3, -0.25) is 14.9 Å². The number of methoxy groups -OCH3 is 1. The summed E-state index contributed by atoms with van der Waals surface area (Å²) in [5.41, 5.74) is 3.20. The van der Waals surface area contributed by atoms with Gasteiger partial charge in [-0.2, -0.15) is 0 Å². The zero-order valence-corrected chi connectivity index (χ0v) is 17.4. The molecule has 32 heavy (non-hydrogen) atoms. The monoisotopic (exact) mass is 427 g/mol. The van der Waals surface area contributed by atoms with Crippen LogP contribution in [0.3, 0.4) is 0 Å². The lowest BCUT2D eigenvalue weighted by Gasteiger charge is -2.32. The van der Waals surface area contributed by atoms with E-state index in [1.54, 1.807) is 7.11 Å². The molecule has 1 aromatic heterocycles. The van der Waals surface area contributed by atoms with Gasteiger partial charge in [0.25, 0.3) is 0 Å². The second-order valence-electron chi connectivity index (χ2n) is 7.57. The molecule has 2 atom stereocenters. The summed E-state index contributed by atoms with van der Waals surface area (Å²) in [6, 6.07) is 23.7. The van der Waals surface area contributed by atoms with Crippen LogP contribution in [-0.2, 0) is 20.9 Å². The molecule has 160 valence electrons. The molecule has 1 aliphatic rings. The van der Waals surface area contributed by atoms with E-state index in [-0.39, 0.29) is 6.61 Å². The van der Waals surface area contributed by atoms with Crippen molar-refractivity contribution in [2.24, 2.45) is 5.92 Å². The topological polar surface area (TPSA) is 82.4 Å². The molecule has 4 aromatic rings. The van der Waals surface area contributed by atoms with Gasteiger partial charge in [-0.15, -0.1) is 0 Å². The Morgan fingerprint density at radius 1 is 1.00 bits per heavy atom. The maximum absolute atomic E-state index is 13.2. The fourth-order valence-corrected chi connectivity index (χ4v) is 4.09. The highest BCUT2D eigenvalue weighted by atomic mass is 16.5. The van der Waals surface area contributed by atoms with Crippen molar-refractivity contribution < 1.29 is 19.1 Å². The van der Waals surface area contributed by atoms with Crippen LogP contribution in [0.15, 0.2) is 78.9 Å². The number of hydrogen-bond donors (Lipinski definition) is 1. The quantitative estimate of drug-likeness (QED) is 0.385. The van der Waals surface area contributed by atoms with Gasteiger partial charge in [-0.1, -0.05) is 54.6 Å². The molecule has 0 bridgehead atoms. The van der Waals surface area contributed by atoms with Gasteiger partial charge < -0.3 is 14.0 Å². The van der Waals surface area contributed by atoms with E-state index in [0.29, 0.717) is 11.7 Å². The van der Waals surface area contributed by atoms with Crippen molar-refractivity contribution in [2.75, 3.05) is 12.4 Å². The Hall–Kier alpha value is -4.13. The molecule has 1 aliphatic heterocycles. The molecule has 0 saturated carbocycles. The lowest BCUT2D eigenvalue weighted by Crippen LogP contribution is -2.43. The molecule has 7 nitrogen and oxygen atoms in total. The van der Waals surface area contributed by atoms with Crippen LogP contribution in [0.25, 0.3) is 11.0 Å². The predicted octanol–water partition coefficient (Wildman–Crippen LogP) is 3.95. The van der Waals surface area contributed by atoms with Crippen LogP contribution in [0.2, 0.25) is 0 Å². The van der Waals surface area contributed by atoms with Crippen molar-refractivity contribution in [2.45, 2.75) is 12.6 Å². The fourth-order valence-electron chi connectivity index (χ4n) is 4.09. The molecule has 2 heterocycles. The van der Waals surface area contributed by atoms with Crippen LogP contribution < -0.4 is 10.1 Å². The Kier molecular flexibility index (Phi) is 5.07. The van der Waals surface area contributed by atoms with Crippen molar-refractivity contribution >= 4 is 28.9 Å². The van der Waals surface area contributed by atoms with Gasteiger partial charge in [0.2, 0.25) is 11.9 Å². The molecule has 0 fully saturated rings. The number of aromatic nitrogens is 2. The Morgan fingerprint density at radius 2 is 1.72 bits per heavy atom. The second kappa shape index (κ2) is 8.19. The molecule has 1 amide bonds. The predicted molar refractivity (Wildman–Crippen MR) is 119 cm³/mol. The number of fused-ring (bicyclic) bond motifs is 3. The summed E-state index contributed by atoms with van der Waals surface area (Å²) in [4.78, 5) is 30.9. The Bertz CT molecular complexity index is 1280. The largest absolute Gasteiger partial charge is 0.497 e. The number of carbonyl (C=O) groups is 2. The van der Waals surface area contributed by atoms with Crippen molar-refractivity contribution in [3.05, 3.63) is 90.0 Å². The maximum atomic E-state index is 13.2. The molecule has 1 N–H and O–H groups in total. The number of ether oxygens (including phenoxy) is 2. The highest BCUT2D eigenvalue weighted by molar-refractivity contribution is 6.07. The van der Waals surface area contributed by atoms with E-state index >= 15 is 0 Å². The zero-order valence-electron chi connectivity index (χ0n) is 17.4. The number of hydrogen-bond acceptors (Lipinski definition) is 5. The first-order valence-corrected chi connectivity index (χ1v) is 10.3. The number of esters is 1. The van der Waals surface area contributed by atoms with Crippen LogP contribution in [0.4, 0.5) is 5.95 Å². The van der Waals surface area contributed by atoms with Gasteiger partial charge in [0.05, 0.1) is 24.2 Å². The molecule has 0 saturated heterocycles. The number of para-hydroxylation sites is 2. The SMILES string of the molecule is COc1ccc([C@@H]2[C@@H](C(=O)OCc3ccccc3)C(=O)Nc3nc4ccccc4n32)cc1. The first kappa shape index (κ1) is 19.8. The minimum Gasteiger partial charge on any atom is -0.497 e. The van der Waals surface area contributed by atoms with Gasteiger partial charge >= 0.3 is 5.97 Å². The number of nitrogens with zero attached hydrogens (tertiary/aromatic N) is 2. The van der Waals surface area contributed by atoms with E-state index in [1.807, 2.05) is 83.4 Å². The molecule has 0 radical (unpaired) electrons. The highest BCUT2D eigenvalue weighted by Gasteiger charge is 2.44. The molecular formula is C25H21N3O4. The molecule has 0 unspecified atom stereocenters. The molecular weight excluding hydrogens is 406 g/mol. The third-order valence-electron chi connectivity index (χ3n) is 5.64. The van der Waals surface area contributed by atoms with Crippen LogP contribution in [0.5, 0.6) is 5.75 Å². The van der Waals surface area contributed by atoms with Gasteiger partial charge in [0.15, 0.2) is 5.92 Å². The van der Waals surface area contributed by atoms with Crippen LogP contribution >= 0.6 is 0 Å². The Morgan fingerprint density at radius 3 is 2.47 bits per heavy atom. The molecule has 0 spiro atoms. The molecule has 3 aromatic carbocycles. The normalized spacial score (nSPS) is 17.5. The third kappa shape index (κ3) is 3.47.